The van der Waals surface area contributed by atoms with Gasteiger partial charge in [-0.2, -0.15) is 0 Å². The van der Waals surface area contributed by atoms with Crippen molar-refractivity contribution >= 4 is 35.2 Å². The van der Waals surface area contributed by atoms with Crippen molar-refractivity contribution in [3.63, 3.8) is 0 Å². The number of carbonyl (C=O) groups excluding carboxylic acids is 3. The molecule has 1 unspecified atom stereocenters. The van der Waals surface area contributed by atoms with Crippen LogP contribution in [0.15, 0.2) is 59.5 Å². The predicted octanol–water partition coefficient (Wildman–Crippen LogP) is 2.72. The number of hydrogen-bond donors (Lipinski definition) is 1. The molecule has 1 N–H and O–H groups in total. The van der Waals surface area contributed by atoms with Crippen LogP contribution < -0.4 is 5.32 Å². The quantitative estimate of drug-likeness (QED) is 0.839. The number of amides is 3. The highest BCUT2D eigenvalue weighted by molar-refractivity contribution is 8.00. The van der Waals surface area contributed by atoms with Crippen LogP contribution in [-0.4, -0.2) is 34.9 Å². The molecule has 5 nitrogen and oxygen atoms in total. The molecule has 0 aromatic heterocycles. The van der Waals surface area contributed by atoms with Crippen LogP contribution in [-0.2, 0) is 20.8 Å². The van der Waals surface area contributed by atoms with Crippen molar-refractivity contribution in [2.45, 2.75) is 23.0 Å². The van der Waals surface area contributed by atoms with Crippen LogP contribution in [0.5, 0.6) is 0 Å². The molecule has 1 heterocycles. The van der Waals surface area contributed by atoms with Gasteiger partial charge < -0.3 is 5.32 Å². The third-order valence-corrected chi connectivity index (χ3v) is 5.16. The highest BCUT2D eigenvalue weighted by Gasteiger charge is 2.36. The van der Waals surface area contributed by atoms with Crippen LogP contribution in [0.3, 0.4) is 0 Å². The number of likely N-dealkylation sites (tertiary alicyclic amines) is 1. The third-order valence-electron chi connectivity index (χ3n) is 3.96. The van der Waals surface area contributed by atoms with E-state index in [4.69, 9.17) is 0 Å². The zero-order valence-corrected chi connectivity index (χ0v) is 14.6. The number of carbonyl (C=O) groups is 3. The molecule has 0 saturated carbocycles. The molecular weight excluding hydrogens is 336 g/mol. The topological polar surface area (TPSA) is 66.5 Å². The van der Waals surface area contributed by atoms with E-state index in [0.29, 0.717) is 12.1 Å². The second kappa shape index (κ2) is 7.53. The zero-order chi connectivity index (χ0) is 17.8. The summed E-state index contributed by atoms with van der Waals surface area (Å²) in [7, 11) is 1.51. The van der Waals surface area contributed by atoms with E-state index in [9.17, 15) is 14.4 Å². The lowest BCUT2D eigenvalue weighted by atomic mass is 10.1. The van der Waals surface area contributed by atoms with E-state index in [-0.39, 0.29) is 29.4 Å². The number of anilines is 1. The Morgan fingerprint density at radius 2 is 1.80 bits per heavy atom. The number of imide groups is 1. The van der Waals surface area contributed by atoms with Crippen molar-refractivity contribution < 1.29 is 14.4 Å². The van der Waals surface area contributed by atoms with Crippen molar-refractivity contribution in [3.8, 4) is 0 Å². The molecule has 3 amide bonds. The zero-order valence-electron chi connectivity index (χ0n) is 13.8. The normalized spacial score (nSPS) is 17.0. The summed E-state index contributed by atoms with van der Waals surface area (Å²) >= 11 is 1.37. The maximum Gasteiger partial charge on any atom is 0.242 e. The van der Waals surface area contributed by atoms with Gasteiger partial charge >= 0.3 is 0 Å². The minimum Gasteiger partial charge on any atom is -0.326 e. The molecule has 1 aliphatic rings. The Balaban J connectivity index is 1.56. The molecule has 2 aromatic carbocycles. The standard InChI is InChI=1S/C19H18N2O3S/c1-21-18(23)12-16(19(21)24)25-15-9-7-14(8-10-15)20-17(22)11-13-5-3-2-4-6-13/h2-10,16H,11-12H2,1H3,(H,20,22). The van der Waals surface area contributed by atoms with E-state index in [1.807, 2.05) is 42.5 Å². The fraction of sp³-hybridized carbons (Fsp3) is 0.211. The first-order valence-electron chi connectivity index (χ1n) is 7.94. The van der Waals surface area contributed by atoms with Crippen molar-refractivity contribution in [2.75, 3.05) is 12.4 Å². The van der Waals surface area contributed by atoms with Gasteiger partial charge in [0.05, 0.1) is 11.7 Å². The fourth-order valence-electron chi connectivity index (χ4n) is 2.58. The van der Waals surface area contributed by atoms with Gasteiger partial charge in [-0.1, -0.05) is 30.3 Å². The Bertz CT molecular complexity index is 790. The smallest absolute Gasteiger partial charge is 0.242 e. The molecule has 3 rings (SSSR count). The number of rotatable bonds is 5. The Morgan fingerprint density at radius 1 is 1.12 bits per heavy atom. The summed E-state index contributed by atoms with van der Waals surface area (Å²) in [6, 6.07) is 16.8. The van der Waals surface area contributed by atoms with Crippen LogP contribution >= 0.6 is 11.8 Å². The summed E-state index contributed by atoms with van der Waals surface area (Å²) < 4.78 is 0. The third kappa shape index (κ3) is 4.28. The molecule has 2 aromatic rings. The maximum atomic E-state index is 12.1. The Morgan fingerprint density at radius 3 is 2.40 bits per heavy atom. The summed E-state index contributed by atoms with van der Waals surface area (Å²) in [6.07, 6.45) is 0.553. The maximum absolute atomic E-state index is 12.1. The van der Waals surface area contributed by atoms with Gasteiger partial charge in [-0.15, -0.1) is 11.8 Å². The van der Waals surface area contributed by atoms with Crippen LogP contribution in [0, 0.1) is 0 Å². The first-order valence-corrected chi connectivity index (χ1v) is 8.82. The van der Waals surface area contributed by atoms with Gasteiger partial charge in [0.1, 0.15) is 0 Å². The molecule has 0 bridgehead atoms. The van der Waals surface area contributed by atoms with Crippen LogP contribution in [0.1, 0.15) is 12.0 Å². The lowest BCUT2D eigenvalue weighted by Crippen LogP contribution is -2.26. The lowest BCUT2D eigenvalue weighted by molar-refractivity contribution is -0.136. The van der Waals surface area contributed by atoms with E-state index in [0.717, 1.165) is 10.5 Å². The molecule has 25 heavy (non-hydrogen) atoms. The SMILES string of the molecule is CN1C(=O)CC(Sc2ccc(NC(=O)Cc3ccccc3)cc2)C1=O. The van der Waals surface area contributed by atoms with Gasteiger partial charge in [-0.05, 0) is 29.8 Å². The summed E-state index contributed by atoms with van der Waals surface area (Å²) in [6.45, 7) is 0. The van der Waals surface area contributed by atoms with Gasteiger partial charge in [-0.25, -0.2) is 0 Å². The molecule has 6 heteroatoms. The molecule has 0 spiro atoms. The minimum atomic E-state index is -0.365. The van der Waals surface area contributed by atoms with Crippen molar-refractivity contribution in [1.82, 2.24) is 4.90 Å². The van der Waals surface area contributed by atoms with Crippen molar-refractivity contribution in [3.05, 3.63) is 60.2 Å². The molecule has 128 valence electrons. The highest BCUT2D eigenvalue weighted by atomic mass is 32.2. The van der Waals surface area contributed by atoms with E-state index in [1.54, 1.807) is 12.1 Å². The van der Waals surface area contributed by atoms with Gasteiger partial charge in [0.15, 0.2) is 0 Å². The van der Waals surface area contributed by atoms with Gasteiger partial charge in [0.25, 0.3) is 0 Å². The summed E-state index contributed by atoms with van der Waals surface area (Å²) in [5, 5.41) is 2.49. The highest BCUT2D eigenvalue weighted by Crippen LogP contribution is 2.31. The summed E-state index contributed by atoms with van der Waals surface area (Å²) in [5.41, 5.74) is 1.66. The predicted molar refractivity (Wildman–Crippen MR) is 97.3 cm³/mol. The second-order valence-corrected chi connectivity index (χ2v) is 7.11. The monoisotopic (exact) mass is 354 g/mol. The summed E-state index contributed by atoms with van der Waals surface area (Å²) in [4.78, 5) is 37.6. The van der Waals surface area contributed by atoms with Gasteiger partial charge in [-0.3, -0.25) is 19.3 Å². The average Bonchev–Trinajstić information content (AvgIpc) is 2.84. The average molecular weight is 354 g/mol. The Labute approximate surface area is 150 Å². The van der Waals surface area contributed by atoms with E-state index >= 15 is 0 Å². The molecule has 1 saturated heterocycles. The Kier molecular flexibility index (Phi) is 5.19. The number of nitrogens with one attached hydrogen (secondary N) is 1. The summed E-state index contributed by atoms with van der Waals surface area (Å²) in [5.74, 6) is -0.382. The molecule has 0 radical (unpaired) electrons. The first-order chi connectivity index (χ1) is 12.0. The molecule has 1 fully saturated rings. The van der Waals surface area contributed by atoms with Gasteiger partial charge in [0, 0.05) is 24.1 Å². The van der Waals surface area contributed by atoms with Crippen LogP contribution in [0.4, 0.5) is 5.69 Å². The van der Waals surface area contributed by atoms with Crippen LogP contribution in [0.2, 0.25) is 0 Å². The van der Waals surface area contributed by atoms with E-state index in [1.165, 1.54) is 23.7 Å². The first kappa shape index (κ1) is 17.2. The molecule has 1 atom stereocenters. The van der Waals surface area contributed by atoms with Crippen molar-refractivity contribution in [2.24, 2.45) is 0 Å². The largest absolute Gasteiger partial charge is 0.326 e. The second-order valence-electron chi connectivity index (χ2n) is 5.84. The van der Waals surface area contributed by atoms with Gasteiger partial charge in [0.2, 0.25) is 17.7 Å². The number of nitrogens with zero attached hydrogens (tertiary/aromatic N) is 1. The lowest BCUT2D eigenvalue weighted by Gasteiger charge is -2.10. The fourth-order valence-corrected chi connectivity index (χ4v) is 3.69. The number of benzene rings is 2. The molecular formula is C19H18N2O3S. The molecule has 1 aliphatic heterocycles. The van der Waals surface area contributed by atoms with E-state index in [2.05, 4.69) is 5.32 Å². The number of hydrogen-bond acceptors (Lipinski definition) is 4. The minimum absolute atomic E-state index is 0.0789. The number of thioether (sulfide) groups is 1. The molecule has 0 aliphatic carbocycles. The Hall–Kier alpha value is -2.60. The van der Waals surface area contributed by atoms with Crippen molar-refractivity contribution in [1.29, 1.82) is 0 Å². The van der Waals surface area contributed by atoms with Crippen LogP contribution in [0.25, 0.3) is 0 Å². The van der Waals surface area contributed by atoms with E-state index < -0.39 is 0 Å².